The molecule has 0 heterocycles. The molecule has 0 aliphatic rings. The Morgan fingerprint density at radius 1 is 0.288 bits per heavy atom. The minimum Gasteiger partial charge on any atom is -0.462 e. The monoisotopic (exact) mass is 1010 g/mol. The van der Waals surface area contributed by atoms with Gasteiger partial charge in [0.25, 0.3) is 0 Å². The van der Waals surface area contributed by atoms with Gasteiger partial charge < -0.3 is 14.2 Å². The molecule has 1 atom stereocenters. The zero-order valence-corrected chi connectivity index (χ0v) is 47.1. The van der Waals surface area contributed by atoms with Crippen molar-refractivity contribution in [2.75, 3.05) is 13.2 Å². The smallest absolute Gasteiger partial charge is 0.306 e. The Morgan fingerprint density at radius 2 is 0.534 bits per heavy atom. The van der Waals surface area contributed by atoms with Gasteiger partial charge in [0.1, 0.15) is 13.2 Å². The van der Waals surface area contributed by atoms with Crippen LogP contribution in [-0.2, 0) is 28.6 Å². The second-order valence-corrected chi connectivity index (χ2v) is 19.2. The van der Waals surface area contributed by atoms with E-state index in [0.717, 1.165) is 161 Å². The summed E-state index contributed by atoms with van der Waals surface area (Å²) in [5, 5.41) is 0. The number of rotatable bonds is 52. The van der Waals surface area contributed by atoms with Crippen LogP contribution in [0.3, 0.4) is 0 Å². The molecule has 73 heavy (non-hydrogen) atoms. The van der Waals surface area contributed by atoms with Crippen LogP contribution in [0.4, 0.5) is 0 Å². The molecule has 0 bridgehead atoms. The molecule has 412 valence electrons. The summed E-state index contributed by atoms with van der Waals surface area (Å²) in [6.07, 6.45) is 84.9. The maximum absolute atomic E-state index is 12.8. The van der Waals surface area contributed by atoms with Crippen molar-refractivity contribution in [3.63, 3.8) is 0 Å². The van der Waals surface area contributed by atoms with Crippen molar-refractivity contribution in [1.82, 2.24) is 0 Å². The van der Waals surface area contributed by atoms with Gasteiger partial charge in [-0.05, 0) is 122 Å². The van der Waals surface area contributed by atoms with Crippen LogP contribution in [0.25, 0.3) is 0 Å². The highest BCUT2D eigenvalue weighted by Crippen LogP contribution is 2.13. The fourth-order valence-corrected chi connectivity index (χ4v) is 7.70. The largest absolute Gasteiger partial charge is 0.462 e. The van der Waals surface area contributed by atoms with Crippen LogP contribution in [0, 0.1) is 0 Å². The standard InChI is InChI=1S/C67H108O6/c1-4-7-10-13-15-17-19-21-23-25-27-29-30-31-32-33-34-35-36-38-39-41-43-45-47-49-51-54-57-60-66(69)72-63-64(62-71-65(68)59-56-53-12-9-6-3)73-67(70)61-58-55-52-50-48-46-44-42-40-37-28-26-24-22-20-18-16-14-11-8-5-2/h7,10,15,17,20-23,26-29,31-32,34-35,38-40,42-43,45,64H,4-6,8-9,11-14,16,18-19,24-25,30,33,36-37,41,44,46-63H2,1-3H3/b10-7-,17-15-,22-20-,23-21-,28-26-,29-27-,32-31-,35-34-,39-38-,42-40-,45-43-. The van der Waals surface area contributed by atoms with Gasteiger partial charge in [0, 0.05) is 19.3 Å². The van der Waals surface area contributed by atoms with E-state index in [1.165, 1.54) is 51.4 Å². The highest BCUT2D eigenvalue weighted by atomic mass is 16.6. The summed E-state index contributed by atoms with van der Waals surface area (Å²) >= 11 is 0. The van der Waals surface area contributed by atoms with Gasteiger partial charge in [0.05, 0.1) is 0 Å². The van der Waals surface area contributed by atoms with E-state index in [4.69, 9.17) is 14.2 Å². The maximum Gasteiger partial charge on any atom is 0.306 e. The lowest BCUT2D eigenvalue weighted by Crippen LogP contribution is -2.30. The molecule has 0 aromatic rings. The zero-order chi connectivity index (χ0) is 52.9. The van der Waals surface area contributed by atoms with Crippen LogP contribution in [0.1, 0.15) is 252 Å². The summed E-state index contributed by atoms with van der Waals surface area (Å²) in [6.45, 7) is 6.39. The molecular weight excluding hydrogens is 901 g/mol. The van der Waals surface area contributed by atoms with Crippen molar-refractivity contribution in [3.05, 3.63) is 134 Å². The first-order chi connectivity index (χ1) is 36.0. The van der Waals surface area contributed by atoms with Gasteiger partial charge in [0.15, 0.2) is 6.10 Å². The molecule has 0 saturated carbocycles. The highest BCUT2D eigenvalue weighted by molar-refractivity contribution is 5.71. The minimum atomic E-state index is -0.797. The van der Waals surface area contributed by atoms with Crippen molar-refractivity contribution >= 4 is 17.9 Å². The third-order valence-electron chi connectivity index (χ3n) is 12.1. The second-order valence-electron chi connectivity index (χ2n) is 19.2. The fourth-order valence-electron chi connectivity index (χ4n) is 7.70. The highest BCUT2D eigenvalue weighted by Gasteiger charge is 2.19. The lowest BCUT2D eigenvalue weighted by molar-refractivity contribution is -0.167. The molecule has 0 aliphatic heterocycles. The number of hydrogen-bond acceptors (Lipinski definition) is 6. The summed E-state index contributed by atoms with van der Waals surface area (Å²) in [7, 11) is 0. The number of carbonyl (C=O) groups excluding carboxylic acids is 3. The van der Waals surface area contributed by atoms with Crippen molar-refractivity contribution in [1.29, 1.82) is 0 Å². The molecule has 0 rings (SSSR count). The minimum absolute atomic E-state index is 0.0962. The van der Waals surface area contributed by atoms with Crippen LogP contribution < -0.4 is 0 Å². The Labute approximate surface area is 449 Å². The predicted molar refractivity (Wildman–Crippen MR) is 316 cm³/mol. The van der Waals surface area contributed by atoms with E-state index < -0.39 is 6.10 Å². The topological polar surface area (TPSA) is 78.9 Å². The second kappa shape index (κ2) is 60.1. The Balaban J connectivity index is 4.21. The van der Waals surface area contributed by atoms with Gasteiger partial charge >= 0.3 is 17.9 Å². The van der Waals surface area contributed by atoms with Gasteiger partial charge in [-0.3, -0.25) is 14.4 Å². The average molecular weight is 1010 g/mol. The molecule has 0 aromatic heterocycles. The predicted octanol–water partition coefficient (Wildman–Crippen LogP) is 20.2. The number of ether oxygens (including phenoxy) is 3. The Kier molecular flexibility index (Phi) is 56.4. The lowest BCUT2D eigenvalue weighted by atomic mass is 10.1. The van der Waals surface area contributed by atoms with Crippen molar-refractivity contribution in [3.8, 4) is 0 Å². The van der Waals surface area contributed by atoms with Crippen molar-refractivity contribution in [2.24, 2.45) is 0 Å². The first-order valence-corrected chi connectivity index (χ1v) is 29.7. The molecule has 0 fully saturated rings. The quantitative estimate of drug-likeness (QED) is 0.0261. The molecule has 0 radical (unpaired) electrons. The van der Waals surface area contributed by atoms with Crippen LogP contribution >= 0.6 is 0 Å². The maximum atomic E-state index is 12.8. The summed E-state index contributed by atoms with van der Waals surface area (Å²) < 4.78 is 16.7. The van der Waals surface area contributed by atoms with Crippen LogP contribution in [0.5, 0.6) is 0 Å². The zero-order valence-electron chi connectivity index (χ0n) is 47.1. The van der Waals surface area contributed by atoms with E-state index in [1.807, 2.05) is 0 Å². The van der Waals surface area contributed by atoms with E-state index in [-0.39, 0.29) is 31.1 Å². The van der Waals surface area contributed by atoms with Gasteiger partial charge in [-0.25, -0.2) is 0 Å². The van der Waals surface area contributed by atoms with E-state index in [1.54, 1.807) is 0 Å². The molecule has 0 spiro atoms. The third-order valence-corrected chi connectivity index (χ3v) is 12.1. The molecule has 6 heteroatoms. The number of unbranched alkanes of at least 4 members (excludes halogenated alkanes) is 19. The van der Waals surface area contributed by atoms with Crippen LogP contribution in [0.2, 0.25) is 0 Å². The molecule has 0 aliphatic carbocycles. The van der Waals surface area contributed by atoms with Gasteiger partial charge in [-0.15, -0.1) is 0 Å². The molecule has 6 nitrogen and oxygen atoms in total. The normalized spacial score (nSPS) is 13.1. The first-order valence-electron chi connectivity index (χ1n) is 29.7. The molecule has 0 aromatic carbocycles. The number of allylic oxidation sites excluding steroid dienone is 22. The summed E-state index contributed by atoms with van der Waals surface area (Å²) in [5.74, 6) is -0.953. The van der Waals surface area contributed by atoms with E-state index in [2.05, 4.69) is 154 Å². The Bertz CT molecular complexity index is 1580. The first kappa shape index (κ1) is 68.6. The molecule has 0 saturated heterocycles. The summed E-state index contributed by atoms with van der Waals surface area (Å²) in [5.41, 5.74) is 0. The van der Waals surface area contributed by atoms with Gasteiger partial charge in [0.2, 0.25) is 0 Å². The Hall–Kier alpha value is -4.45. The number of hydrogen-bond donors (Lipinski definition) is 0. The van der Waals surface area contributed by atoms with E-state index in [0.29, 0.717) is 19.3 Å². The number of carbonyl (C=O) groups is 3. The molecule has 0 amide bonds. The summed E-state index contributed by atoms with van der Waals surface area (Å²) in [4.78, 5) is 37.8. The van der Waals surface area contributed by atoms with Crippen LogP contribution in [0.15, 0.2) is 134 Å². The van der Waals surface area contributed by atoms with Crippen LogP contribution in [-0.4, -0.2) is 37.2 Å². The van der Waals surface area contributed by atoms with E-state index >= 15 is 0 Å². The fraction of sp³-hybridized carbons (Fsp3) is 0.627. The summed E-state index contributed by atoms with van der Waals surface area (Å²) in [6, 6.07) is 0. The molecule has 1 unspecified atom stereocenters. The number of esters is 3. The Morgan fingerprint density at radius 3 is 0.836 bits per heavy atom. The SMILES string of the molecule is CC/C=C\C/C=C\C/C=C\C/C=C\C/C=C\C/C=C\C/C=C\C/C=C\CCCCCCC(=O)OCC(COC(=O)CCCCCCC)OC(=O)CCCCCCCC/C=C\C/C=C\C/C=C\CCCCCCC. The van der Waals surface area contributed by atoms with E-state index in [9.17, 15) is 14.4 Å². The average Bonchev–Trinajstić information content (AvgIpc) is 3.39. The van der Waals surface area contributed by atoms with Crippen molar-refractivity contribution < 1.29 is 28.6 Å². The van der Waals surface area contributed by atoms with Crippen molar-refractivity contribution in [2.45, 2.75) is 258 Å². The molecular formula is C67H108O6. The van der Waals surface area contributed by atoms with Gasteiger partial charge in [-0.2, -0.15) is 0 Å². The third kappa shape index (κ3) is 58.3. The lowest BCUT2D eigenvalue weighted by Gasteiger charge is -2.18. The molecule has 0 N–H and O–H groups in total. The van der Waals surface area contributed by atoms with Gasteiger partial charge in [-0.1, -0.05) is 244 Å².